The van der Waals surface area contributed by atoms with Crippen LogP contribution in [0.25, 0.3) is 32.7 Å². The summed E-state index contributed by atoms with van der Waals surface area (Å²) in [6, 6.07) is 24.3. The van der Waals surface area contributed by atoms with Crippen molar-refractivity contribution in [1.29, 1.82) is 0 Å². The Morgan fingerprint density at radius 3 is 2.16 bits per heavy atom. The van der Waals surface area contributed by atoms with Gasteiger partial charge in [-0.1, -0.05) is 123 Å². The van der Waals surface area contributed by atoms with Gasteiger partial charge in [0.2, 0.25) is 5.91 Å². The lowest BCUT2D eigenvalue weighted by Gasteiger charge is -2.23. The van der Waals surface area contributed by atoms with E-state index in [0.717, 1.165) is 75.5 Å². The van der Waals surface area contributed by atoms with E-state index in [9.17, 15) is 4.79 Å². The van der Waals surface area contributed by atoms with Gasteiger partial charge in [-0.3, -0.25) is 14.5 Å². The summed E-state index contributed by atoms with van der Waals surface area (Å²) in [6.07, 6.45) is 15.4. The third kappa shape index (κ3) is 12.3. The number of aliphatic imine (C=N–C) groups is 1. The number of nitrogens with zero attached hydrogens (tertiary/aromatic N) is 7. The molecule has 0 spiro atoms. The first-order valence-electron chi connectivity index (χ1n) is 22.9. The van der Waals surface area contributed by atoms with Gasteiger partial charge in [-0.15, -0.1) is 10.2 Å². The van der Waals surface area contributed by atoms with E-state index in [-0.39, 0.29) is 24.5 Å². The van der Waals surface area contributed by atoms with Crippen LogP contribution in [0.15, 0.2) is 90.2 Å². The van der Waals surface area contributed by atoms with Gasteiger partial charge in [-0.2, -0.15) is 0 Å². The Labute approximate surface area is 371 Å². The van der Waals surface area contributed by atoms with E-state index < -0.39 is 6.04 Å². The van der Waals surface area contributed by atoms with Gasteiger partial charge in [-0.05, 0) is 90.6 Å². The predicted octanol–water partition coefficient (Wildman–Crippen LogP) is 7.88. The number of carbonyl (C=O) groups is 1. The van der Waals surface area contributed by atoms with Crippen molar-refractivity contribution < 1.29 is 14.3 Å². The van der Waals surface area contributed by atoms with Crippen LogP contribution in [0, 0.1) is 11.8 Å². The van der Waals surface area contributed by atoms with Gasteiger partial charge in [0, 0.05) is 29.9 Å². The molecule has 2 aromatic heterocycles. The molecule has 14 heteroatoms. The first-order valence-corrected chi connectivity index (χ1v) is 22.9. The third-order valence-electron chi connectivity index (χ3n) is 12.0. The van der Waals surface area contributed by atoms with Crippen LogP contribution in [0.2, 0.25) is 0 Å². The summed E-state index contributed by atoms with van der Waals surface area (Å²) in [6.45, 7) is 6.62. The number of amides is 1. The number of fused-ring (bicyclic) bond motifs is 2. The van der Waals surface area contributed by atoms with Crippen molar-refractivity contribution in [3.05, 3.63) is 96.6 Å². The Bertz CT molecular complexity index is 2410. The highest BCUT2D eigenvalue weighted by molar-refractivity contribution is 6.09. The van der Waals surface area contributed by atoms with Gasteiger partial charge in [0.05, 0.1) is 25.0 Å². The number of ether oxygens (including phenoxy) is 2. The van der Waals surface area contributed by atoms with E-state index in [1.165, 1.54) is 32.1 Å². The smallest absolute Gasteiger partial charge is 0.245 e. The maximum atomic E-state index is 14.2. The van der Waals surface area contributed by atoms with Gasteiger partial charge < -0.3 is 32.0 Å². The number of hydrogen-bond acceptors (Lipinski definition) is 9. The minimum atomic E-state index is -0.581. The highest BCUT2D eigenvalue weighted by atomic mass is 16.5. The van der Waals surface area contributed by atoms with Gasteiger partial charge in [-0.25, -0.2) is 4.68 Å². The van der Waals surface area contributed by atoms with Gasteiger partial charge >= 0.3 is 0 Å². The van der Waals surface area contributed by atoms with Crippen molar-refractivity contribution in [2.45, 2.75) is 116 Å². The number of hydrogen-bond donors (Lipinski definition) is 4. The monoisotopic (exact) mass is 856 g/mol. The van der Waals surface area contributed by atoms with Gasteiger partial charge in [0.1, 0.15) is 29.8 Å². The molecule has 4 aromatic carbocycles. The van der Waals surface area contributed by atoms with Crippen molar-refractivity contribution in [3.8, 4) is 22.6 Å². The molecule has 1 aliphatic rings. The zero-order chi connectivity index (χ0) is 44.0. The Morgan fingerprint density at radius 1 is 0.794 bits per heavy atom. The van der Waals surface area contributed by atoms with Gasteiger partial charge in [0.15, 0.2) is 5.96 Å². The lowest BCUT2D eigenvalue weighted by Crippen LogP contribution is -2.42. The zero-order valence-corrected chi connectivity index (χ0v) is 37.0. The molecule has 1 fully saturated rings. The Hall–Kier alpha value is -6.02. The molecule has 63 heavy (non-hydrogen) atoms. The number of carbonyl (C=O) groups excluding carboxylic acids is 1. The highest BCUT2D eigenvalue weighted by Crippen LogP contribution is 2.45. The zero-order valence-electron chi connectivity index (χ0n) is 37.0. The second-order valence-corrected chi connectivity index (χ2v) is 17.4. The molecule has 0 radical (unpaired) electrons. The standard InChI is InChI=1S/C49H65N11O3/c1-34(2)25-28-62-44-23-21-36-15-6-8-18-41(36)46(44)47-42-19-9-7-16-37(42)22-24-45(47)63-33-40-31-59(57-56-40)30-38(17-10-11-26-50)54-48(61)43(20-12-27-53-49(51)52)60-32-39(55-58-60)29-35-13-4-3-5-14-35/h6-9,15-16,18-19,21-24,31-32,34-35,38,43H,3-5,10-14,17,20,25-30,33,50H2,1-2H3,(H,54,61)(H4,51,52,53)/t38-,43-/m1/s1. The Balaban J connectivity index is 1.09. The molecule has 0 bridgehead atoms. The van der Waals surface area contributed by atoms with Gasteiger partial charge in [0.25, 0.3) is 0 Å². The Morgan fingerprint density at radius 2 is 1.48 bits per heavy atom. The summed E-state index contributed by atoms with van der Waals surface area (Å²) < 4.78 is 16.7. The molecule has 0 saturated heterocycles. The maximum absolute atomic E-state index is 14.2. The van der Waals surface area contributed by atoms with Crippen molar-refractivity contribution in [2.75, 3.05) is 19.7 Å². The minimum absolute atomic E-state index is 0.0304. The predicted molar refractivity (Wildman–Crippen MR) is 250 cm³/mol. The summed E-state index contributed by atoms with van der Waals surface area (Å²) in [4.78, 5) is 18.4. The van der Waals surface area contributed by atoms with Crippen molar-refractivity contribution in [3.63, 3.8) is 0 Å². The number of nitrogens with two attached hydrogens (primary N) is 3. The van der Waals surface area contributed by atoms with E-state index >= 15 is 0 Å². The second kappa shape index (κ2) is 22.4. The van der Waals surface area contributed by atoms with Crippen molar-refractivity contribution >= 4 is 33.4 Å². The fourth-order valence-corrected chi connectivity index (χ4v) is 8.70. The van der Waals surface area contributed by atoms with Crippen LogP contribution in [-0.4, -0.2) is 67.6 Å². The molecule has 1 aliphatic carbocycles. The summed E-state index contributed by atoms with van der Waals surface area (Å²) in [5.41, 5.74) is 20.7. The first-order chi connectivity index (χ1) is 30.7. The van der Waals surface area contributed by atoms with Crippen LogP contribution in [0.5, 0.6) is 11.5 Å². The fraction of sp³-hybridized carbons (Fsp3) is 0.469. The molecule has 2 heterocycles. The molecular weight excluding hydrogens is 791 g/mol. The summed E-state index contributed by atoms with van der Waals surface area (Å²) in [7, 11) is 0. The third-order valence-corrected chi connectivity index (χ3v) is 12.0. The highest BCUT2D eigenvalue weighted by Gasteiger charge is 2.26. The van der Waals surface area contributed by atoms with Crippen LogP contribution in [0.4, 0.5) is 0 Å². The van der Waals surface area contributed by atoms with E-state index in [4.69, 9.17) is 26.7 Å². The topological polar surface area (TPSA) is 199 Å². The van der Waals surface area contributed by atoms with E-state index in [1.807, 2.05) is 18.5 Å². The summed E-state index contributed by atoms with van der Waals surface area (Å²) in [5, 5.41) is 25.7. The molecule has 14 nitrogen and oxygen atoms in total. The van der Waals surface area contributed by atoms with Crippen molar-refractivity contribution in [2.24, 2.45) is 34.0 Å². The van der Waals surface area contributed by atoms with Crippen LogP contribution in [0.1, 0.15) is 102 Å². The molecule has 1 amide bonds. The van der Waals surface area contributed by atoms with Crippen LogP contribution in [0.3, 0.4) is 0 Å². The minimum Gasteiger partial charge on any atom is -0.493 e. The molecule has 7 N–H and O–H groups in total. The lowest BCUT2D eigenvalue weighted by atomic mass is 9.86. The van der Waals surface area contributed by atoms with Crippen LogP contribution >= 0.6 is 0 Å². The number of aromatic nitrogens is 6. The van der Waals surface area contributed by atoms with E-state index in [1.54, 1.807) is 9.36 Å². The number of guanidine groups is 1. The maximum Gasteiger partial charge on any atom is 0.245 e. The lowest BCUT2D eigenvalue weighted by molar-refractivity contribution is -0.125. The molecule has 2 atom stereocenters. The molecule has 334 valence electrons. The molecule has 0 aliphatic heterocycles. The van der Waals surface area contributed by atoms with E-state index in [0.29, 0.717) is 63.0 Å². The SMILES string of the molecule is CC(C)CCOc1ccc2ccccc2c1-c1c(OCc2cn(C[C@@H](CCCCN)NC(=O)[C@@H](CCCN=C(N)N)n3cc(CC4CCCCC4)nn3)nn2)ccc2ccccc12. The number of nitrogens with one attached hydrogen (secondary N) is 1. The molecular formula is C49H65N11O3. The van der Waals surface area contributed by atoms with Crippen molar-refractivity contribution in [1.82, 2.24) is 35.3 Å². The largest absolute Gasteiger partial charge is 0.493 e. The summed E-state index contributed by atoms with van der Waals surface area (Å²) >= 11 is 0. The van der Waals surface area contributed by atoms with Crippen LogP contribution in [-0.2, 0) is 24.4 Å². The normalized spacial score (nSPS) is 14.2. The number of benzene rings is 4. The molecule has 7 rings (SSSR count). The molecule has 1 saturated carbocycles. The second-order valence-electron chi connectivity index (χ2n) is 17.4. The van der Waals surface area contributed by atoms with E-state index in [2.05, 4.69) is 112 Å². The fourth-order valence-electron chi connectivity index (χ4n) is 8.70. The number of rotatable bonds is 23. The first kappa shape index (κ1) is 45.0. The molecule has 0 unspecified atom stereocenters. The molecule has 6 aromatic rings. The number of unbranched alkanes of at least 4 members (excludes halogenated alkanes) is 1. The average Bonchev–Trinajstić information content (AvgIpc) is 3.94. The Kier molecular flexibility index (Phi) is 16.0. The van der Waals surface area contributed by atoms with Crippen LogP contribution < -0.4 is 32.0 Å². The average molecular weight is 856 g/mol. The summed E-state index contributed by atoms with van der Waals surface area (Å²) in [5.74, 6) is 2.56. The quantitative estimate of drug-likeness (QED) is 0.0279.